The molecule has 0 bridgehead atoms. The van der Waals surface area contributed by atoms with Gasteiger partial charge in [-0.15, -0.1) is 0 Å². The van der Waals surface area contributed by atoms with Crippen molar-refractivity contribution < 1.29 is 23.5 Å². The molecule has 6 nitrogen and oxygen atoms in total. The molecule has 172 valence electrons. The van der Waals surface area contributed by atoms with Gasteiger partial charge in [0.25, 0.3) is 5.91 Å². The fraction of sp³-hybridized carbons (Fsp3) is 0.115. The minimum Gasteiger partial charge on any atom is -0.488 e. The molecule has 0 radical (unpaired) electrons. The number of nitrogens with one attached hydrogen (secondary N) is 1. The first kappa shape index (κ1) is 24.7. The van der Waals surface area contributed by atoms with E-state index >= 15 is 0 Å². The summed E-state index contributed by atoms with van der Waals surface area (Å²) in [5, 5.41) is 12.2. The summed E-state index contributed by atoms with van der Waals surface area (Å²) in [6, 6.07) is 19.2. The number of ether oxygens (including phenoxy) is 2. The molecule has 0 saturated carbocycles. The van der Waals surface area contributed by atoms with E-state index in [4.69, 9.17) is 9.47 Å². The predicted octanol–water partition coefficient (Wildman–Crippen LogP) is 5.89. The van der Waals surface area contributed by atoms with Crippen LogP contribution in [0.1, 0.15) is 28.4 Å². The number of carbonyl (C=O) groups is 2. The number of hydrogen-bond acceptors (Lipinski definition) is 5. The molecule has 0 aliphatic heterocycles. The van der Waals surface area contributed by atoms with Gasteiger partial charge >= 0.3 is 5.97 Å². The fourth-order valence-electron chi connectivity index (χ4n) is 2.96. The zero-order valence-electron chi connectivity index (χ0n) is 18.2. The number of nitrogens with zero attached hydrogens (tertiary/aromatic N) is 1. The predicted molar refractivity (Wildman–Crippen MR) is 129 cm³/mol. The second kappa shape index (κ2) is 11.8. The molecule has 0 atom stereocenters. The molecule has 0 saturated heterocycles. The van der Waals surface area contributed by atoms with Crippen molar-refractivity contribution in [3.05, 3.63) is 99.3 Å². The molecule has 3 rings (SSSR count). The molecular weight excluding hydrogens is 503 g/mol. The summed E-state index contributed by atoms with van der Waals surface area (Å²) >= 11 is 3.38. The maximum atomic E-state index is 13.4. The highest BCUT2D eigenvalue weighted by molar-refractivity contribution is 9.10. The van der Waals surface area contributed by atoms with Gasteiger partial charge in [0.1, 0.15) is 29.8 Å². The molecule has 0 unspecified atom stereocenters. The van der Waals surface area contributed by atoms with Crippen LogP contribution in [0.15, 0.2) is 76.8 Å². The number of amides is 1. The second-order valence-electron chi connectivity index (χ2n) is 7.02. The first-order chi connectivity index (χ1) is 16.4. The average molecular weight is 523 g/mol. The summed E-state index contributed by atoms with van der Waals surface area (Å²) in [7, 11) is 0. The van der Waals surface area contributed by atoms with E-state index in [1.807, 2.05) is 6.07 Å². The normalized spacial score (nSPS) is 10.8. The van der Waals surface area contributed by atoms with E-state index in [0.29, 0.717) is 28.1 Å². The summed E-state index contributed by atoms with van der Waals surface area (Å²) in [6.07, 6.45) is 1.41. The molecule has 0 aliphatic carbocycles. The van der Waals surface area contributed by atoms with Gasteiger partial charge in [-0.1, -0.05) is 28.1 Å². The van der Waals surface area contributed by atoms with E-state index in [0.717, 1.165) is 4.47 Å². The van der Waals surface area contributed by atoms with Crippen LogP contribution in [0, 0.1) is 17.1 Å². The third kappa shape index (κ3) is 6.77. The van der Waals surface area contributed by atoms with Crippen molar-refractivity contribution in [2.75, 3.05) is 11.9 Å². The van der Waals surface area contributed by atoms with Crippen LogP contribution in [0.4, 0.5) is 10.1 Å². The van der Waals surface area contributed by atoms with Crippen molar-refractivity contribution in [3.63, 3.8) is 0 Å². The minimum absolute atomic E-state index is 0.112. The number of hydrogen-bond donors (Lipinski definition) is 1. The van der Waals surface area contributed by atoms with Crippen molar-refractivity contribution >= 4 is 39.6 Å². The van der Waals surface area contributed by atoms with E-state index in [9.17, 15) is 19.2 Å². The van der Waals surface area contributed by atoms with Crippen molar-refractivity contribution in [2.24, 2.45) is 0 Å². The third-order valence-corrected chi connectivity index (χ3v) is 5.07. The lowest BCUT2D eigenvalue weighted by Gasteiger charge is -2.11. The van der Waals surface area contributed by atoms with Gasteiger partial charge < -0.3 is 14.8 Å². The minimum atomic E-state index is -0.623. The number of benzene rings is 3. The van der Waals surface area contributed by atoms with Crippen LogP contribution in [-0.2, 0) is 16.1 Å². The van der Waals surface area contributed by atoms with Gasteiger partial charge in [0, 0.05) is 15.7 Å². The van der Waals surface area contributed by atoms with Crippen molar-refractivity contribution in [2.45, 2.75) is 13.5 Å². The zero-order valence-corrected chi connectivity index (χ0v) is 19.8. The summed E-state index contributed by atoms with van der Waals surface area (Å²) < 4.78 is 24.9. The Balaban J connectivity index is 1.77. The molecule has 0 spiro atoms. The summed E-state index contributed by atoms with van der Waals surface area (Å²) in [6.45, 7) is 2.09. The first-order valence-corrected chi connectivity index (χ1v) is 11.1. The van der Waals surface area contributed by atoms with Gasteiger partial charge in [-0.25, -0.2) is 9.18 Å². The highest BCUT2D eigenvalue weighted by Gasteiger charge is 2.13. The van der Waals surface area contributed by atoms with Crippen LogP contribution in [0.3, 0.4) is 0 Å². The van der Waals surface area contributed by atoms with Crippen molar-refractivity contribution in [3.8, 4) is 11.8 Å². The highest BCUT2D eigenvalue weighted by Crippen LogP contribution is 2.27. The zero-order chi connectivity index (χ0) is 24.5. The molecule has 3 aromatic rings. The van der Waals surface area contributed by atoms with Gasteiger partial charge in [-0.3, -0.25) is 4.79 Å². The fourth-order valence-corrected chi connectivity index (χ4v) is 3.34. The summed E-state index contributed by atoms with van der Waals surface area (Å²) in [5.74, 6) is -1.02. The highest BCUT2D eigenvalue weighted by atomic mass is 79.9. The van der Waals surface area contributed by atoms with Crippen LogP contribution in [-0.4, -0.2) is 18.5 Å². The van der Waals surface area contributed by atoms with E-state index in [1.165, 1.54) is 30.3 Å². The Morgan fingerprint density at radius 1 is 1.12 bits per heavy atom. The lowest BCUT2D eigenvalue weighted by Crippen LogP contribution is -2.14. The lowest BCUT2D eigenvalue weighted by atomic mass is 10.1. The van der Waals surface area contributed by atoms with Gasteiger partial charge in [-0.2, -0.15) is 5.26 Å². The Kier molecular flexibility index (Phi) is 8.54. The van der Waals surface area contributed by atoms with Crippen LogP contribution in [0.2, 0.25) is 0 Å². The molecular formula is C26H20BrFN2O4. The van der Waals surface area contributed by atoms with Crippen LogP contribution in [0.25, 0.3) is 6.08 Å². The van der Waals surface area contributed by atoms with E-state index in [-0.39, 0.29) is 24.6 Å². The molecule has 0 aromatic heterocycles. The van der Waals surface area contributed by atoms with Crippen molar-refractivity contribution in [1.82, 2.24) is 0 Å². The Morgan fingerprint density at radius 2 is 1.88 bits per heavy atom. The molecule has 1 amide bonds. The smallest absolute Gasteiger partial charge is 0.338 e. The van der Waals surface area contributed by atoms with Crippen LogP contribution in [0.5, 0.6) is 5.75 Å². The number of carbonyl (C=O) groups excluding carboxylic acids is 2. The first-order valence-electron chi connectivity index (χ1n) is 10.3. The Morgan fingerprint density at radius 3 is 2.56 bits per heavy atom. The Bertz CT molecular complexity index is 1270. The standard InChI is InChI=1S/C26H20BrFN2O4/c1-2-33-26(32)18-6-9-23(10-7-18)30-25(31)20(15-29)13-19-14-21(27)8-11-24(19)34-16-17-4-3-5-22(28)12-17/h3-14H,2,16H2,1H3,(H,30,31)/b20-13+. The van der Waals surface area contributed by atoms with Gasteiger partial charge in [-0.05, 0) is 73.2 Å². The van der Waals surface area contributed by atoms with Gasteiger partial charge in [0.05, 0.1) is 12.2 Å². The molecule has 0 heterocycles. The number of esters is 1. The number of nitriles is 1. The monoisotopic (exact) mass is 522 g/mol. The number of halogens is 2. The second-order valence-corrected chi connectivity index (χ2v) is 7.94. The summed E-state index contributed by atoms with van der Waals surface area (Å²) in [5.41, 5.74) is 1.75. The van der Waals surface area contributed by atoms with Crippen molar-refractivity contribution in [1.29, 1.82) is 5.26 Å². The van der Waals surface area contributed by atoms with E-state index in [1.54, 1.807) is 49.4 Å². The SMILES string of the molecule is CCOC(=O)c1ccc(NC(=O)/C(C#N)=C/c2cc(Br)ccc2OCc2cccc(F)c2)cc1. The largest absolute Gasteiger partial charge is 0.488 e. The third-order valence-electron chi connectivity index (χ3n) is 4.57. The Hall–Kier alpha value is -3.96. The van der Waals surface area contributed by atoms with E-state index < -0.39 is 11.9 Å². The molecule has 0 aliphatic rings. The topological polar surface area (TPSA) is 88.4 Å². The maximum absolute atomic E-state index is 13.4. The average Bonchev–Trinajstić information content (AvgIpc) is 2.82. The molecule has 3 aromatic carbocycles. The maximum Gasteiger partial charge on any atom is 0.338 e. The van der Waals surface area contributed by atoms with E-state index in [2.05, 4.69) is 21.2 Å². The van der Waals surface area contributed by atoms with Gasteiger partial charge in [0.2, 0.25) is 0 Å². The van der Waals surface area contributed by atoms with Gasteiger partial charge in [0.15, 0.2) is 0 Å². The number of anilines is 1. The summed E-state index contributed by atoms with van der Waals surface area (Å²) in [4.78, 5) is 24.5. The quantitative estimate of drug-likeness (QED) is 0.226. The molecule has 8 heteroatoms. The molecule has 0 fully saturated rings. The Labute approximate surface area is 204 Å². The molecule has 1 N–H and O–H groups in total. The molecule has 34 heavy (non-hydrogen) atoms. The number of rotatable bonds is 8. The van der Waals surface area contributed by atoms with Crippen LogP contribution >= 0.6 is 15.9 Å². The van der Waals surface area contributed by atoms with Crippen LogP contribution < -0.4 is 10.1 Å². The lowest BCUT2D eigenvalue weighted by molar-refractivity contribution is -0.112.